The first-order valence-corrected chi connectivity index (χ1v) is 10.9. The molecule has 0 bridgehead atoms. The lowest BCUT2D eigenvalue weighted by atomic mass is 10.0. The maximum Gasteiger partial charge on any atom is 0.255 e. The third kappa shape index (κ3) is 4.55. The molecule has 30 heavy (non-hydrogen) atoms. The number of quaternary nitrogens is 1. The summed E-state index contributed by atoms with van der Waals surface area (Å²) < 4.78 is 6.59. The first kappa shape index (κ1) is 20.6. The number of amides is 1. The van der Waals surface area contributed by atoms with Crippen LogP contribution >= 0.6 is 0 Å². The van der Waals surface area contributed by atoms with Gasteiger partial charge in [0.05, 0.1) is 32.8 Å². The number of hydrogen-bond donors (Lipinski definition) is 1. The average Bonchev–Trinajstić information content (AvgIpc) is 2.80. The summed E-state index contributed by atoms with van der Waals surface area (Å²) in [6.45, 7) is 6.12. The van der Waals surface area contributed by atoms with E-state index in [1.807, 2.05) is 48.5 Å². The molecule has 1 unspecified atom stereocenters. The van der Waals surface area contributed by atoms with E-state index in [-0.39, 0.29) is 5.91 Å². The molecule has 3 aromatic rings. The van der Waals surface area contributed by atoms with Crippen LogP contribution in [-0.4, -0.2) is 43.2 Å². The summed E-state index contributed by atoms with van der Waals surface area (Å²) >= 11 is 0. The molecule has 4 nitrogen and oxygen atoms in total. The summed E-state index contributed by atoms with van der Waals surface area (Å²) in [4.78, 5) is 12.7. The number of anilines is 1. The van der Waals surface area contributed by atoms with Crippen molar-refractivity contribution in [3.05, 3.63) is 77.9 Å². The van der Waals surface area contributed by atoms with E-state index >= 15 is 0 Å². The SMILES string of the molecule is CC[N+](C)(Cc1ccc(NC(=O)c2ccc3ccccc3c2)cc1)C1CCOCC1. The molecule has 1 amide bonds. The normalized spacial score (nSPS) is 16.9. The van der Waals surface area contributed by atoms with Gasteiger partial charge in [-0.25, -0.2) is 0 Å². The van der Waals surface area contributed by atoms with E-state index in [4.69, 9.17) is 4.74 Å². The Labute approximate surface area is 179 Å². The van der Waals surface area contributed by atoms with Crippen molar-refractivity contribution in [2.45, 2.75) is 32.4 Å². The van der Waals surface area contributed by atoms with Crippen molar-refractivity contribution in [2.75, 3.05) is 32.1 Å². The minimum atomic E-state index is -0.0788. The zero-order valence-electron chi connectivity index (χ0n) is 17.9. The topological polar surface area (TPSA) is 38.3 Å². The third-order valence-electron chi connectivity index (χ3n) is 6.56. The largest absolute Gasteiger partial charge is 0.381 e. The molecule has 0 aliphatic carbocycles. The predicted molar refractivity (Wildman–Crippen MR) is 123 cm³/mol. The molecule has 156 valence electrons. The fourth-order valence-corrected chi connectivity index (χ4v) is 4.45. The Bertz CT molecular complexity index is 1010. The van der Waals surface area contributed by atoms with E-state index in [2.05, 4.69) is 37.5 Å². The number of carbonyl (C=O) groups is 1. The minimum absolute atomic E-state index is 0.0788. The van der Waals surface area contributed by atoms with Crippen LogP contribution in [0.15, 0.2) is 66.7 Å². The Morgan fingerprint density at radius 3 is 2.40 bits per heavy atom. The maximum absolute atomic E-state index is 12.7. The van der Waals surface area contributed by atoms with Gasteiger partial charge < -0.3 is 14.5 Å². The fourth-order valence-electron chi connectivity index (χ4n) is 4.45. The van der Waals surface area contributed by atoms with Gasteiger partial charge in [0, 0.05) is 29.7 Å². The number of fused-ring (bicyclic) bond motifs is 1. The number of hydrogen-bond acceptors (Lipinski definition) is 2. The Balaban J connectivity index is 1.43. The molecule has 1 heterocycles. The zero-order chi connectivity index (χ0) is 21.0. The van der Waals surface area contributed by atoms with Crippen LogP contribution in [0.1, 0.15) is 35.7 Å². The fraction of sp³-hybridized carbons (Fsp3) is 0.346. The lowest BCUT2D eigenvalue weighted by molar-refractivity contribution is -0.946. The second kappa shape index (κ2) is 8.99. The van der Waals surface area contributed by atoms with Crippen LogP contribution in [0.2, 0.25) is 0 Å². The maximum atomic E-state index is 12.7. The van der Waals surface area contributed by atoms with Crippen LogP contribution < -0.4 is 5.32 Å². The van der Waals surface area contributed by atoms with Crippen LogP contribution in [-0.2, 0) is 11.3 Å². The second-order valence-electron chi connectivity index (χ2n) is 8.51. The quantitative estimate of drug-likeness (QED) is 0.572. The molecule has 1 aliphatic heterocycles. The van der Waals surface area contributed by atoms with E-state index in [1.165, 1.54) is 5.56 Å². The third-order valence-corrected chi connectivity index (χ3v) is 6.56. The summed E-state index contributed by atoms with van der Waals surface area (Å²) in [7, 11) is 2.35. The number of carbonyl (C=O) groups excluding carboxylic acids is 1. The van der Waals surface area contributed by atoms with Crippen molar-refractivity contribution in [1.29, 1.82) is 0 Å². The Morgan fingerprint density at radius 2 is 1.70 bits per heavy atom. The summed E-state index contributed by atoms with van der Waals surface area (Å²) in [6.07, 6.45) is 2.26. The monoisotopic (exact) mass is 403 g/mol. The lowest BCUT2D eigenvalue weighted by Crippen LogP contribution is -2.53. The van der Waals surface area contributed by atoms with Gasteiger partial charge in [-0.2, -0.15) is 0 Å². The molecule has 1 aliphatic rings. The molecule has 4 rings (SSSR count). The molecule has 1 N–H and O–H groups in total. The molecule has 1 saturated heterocycles. The van der Waals surface area contributed by atoms with E-state index in [0.717, 1.165) is 60.1 Å². The number of nitrogens with zero attached hydrogens (tertiary/aromatic N) is 1. The van der Waals surface area contributed by atoms with Crippen molar-refractivity contribution in [3.63, 3.8) is 0 Å². The summed E-state index contributed by atoms with van der Waals surface area (Å²) in [6, 6.07) is 22.9. The van der Waals surface area contributed by atoms with Crippen LogP contribution in [0, 0.1) is 0 Å². The summed E-state index contributed by atoms with van der Waals surface area (Å²) in [5.41, 5.74) is 2.80. The van der Waals surface area contributed by atoms with E-state index in [0.29, 0.717) is 11.6 Å². The molecule has 3 aromatic carbocycles. The highest BCUT2D eigenvalue weighted by molar-refractivity contribution is 6.06. The molecular formula is C26H31N2O2+. The van der Waals surface area contributed by atoms with Crippen LogP contribution in [0.5, 0.6) is 0 Å². The molecule has 0 saturated carbocycles. The van der Waals surface area contributed by atoms with E-state index in [9.17, 15) is 4.79 Å². The smallest absolute Gasteiger partial charge is 0.255 e. The molecule has 4 heteroatoms. The highest BCUT2D eigenvalue weighted by Gasteiger charge is 2.32. The van der Waals surface area contributed by atoms with Gasteiger partial charge >= 0.3 is 0 Å². The number of rotatable bonds is 6. The van der Waals surface area contributed by atoms with Crippen molar-refractivity contribution < 1.29 is 14.0 Å². The summed E-state index contributed by atoms with van der Waals surface area (Å²) in [5, 5.41) is 5.24. The van der Waals surface area contributed by atoms with Gasteiger partial charge in [0.2, 0.25) is 0 Å². The van der Waals surface area contributed by atoms with Gasteiger partial charge in [0.1, 0.15) is 6.54 Å². The minimum Gasteiger partial charge on any atom is -0.381 e. The van der Waals surface area contributed by atoms with Gasteiger partial charge in [0.15, 0.2) is 0 Å². The van der Waals surface area contributed by atoms with Crippen LogP contribution in [0.3, 0.4) is 0 Å². The summed E-state index contributed by atoms with van der Waals surface area (Å²) in [5.74, 6) is -0.0788. The Kier molecular flexibility index (Phi) is 6.16. The molecule has 0 radical (unpaired) electrons. The van der Waals surface area contributed by atoms with Gasteiger partial charge in [-0.3, -0.25) is 4.79 Å². The Hall–Kier alpha value is -2.69. The van der Waals surface area contributed by atoms with Crippen molar-refractivity contribution in [2.24, 2.45) is 0 Å². The average molecular weight is 404 g/mol. The number of benzene rings is 3. The van der Waals surface area contributed by atoms with Crippen LogP contribution in [0.25, 0.3) is 10.8 Å². The van der Waals surface area contributed by atoms with Gasteiger partial charge in [0.25, 0.3) is 5.91 Å². The number of nitrogens with one attached hydrogen (secondary N) is 1. The van der Waals surface area contributed by atoms with Gasteiger partial charge in [-0.1, -0.05) is 42.5 Å². The van der Waals surface area contributed by atoms with Crippen LogP contribution in [0.4, 0.5) is 5.69 Å². The predicted octanol–water partition coefficient (Wildman–Crippen LogP) is 5.24. The molecule has 0 spiro atoms. The molecule has 1 atom stereocenters. The van der Waals surface area contributed by atoms with Gasteiger partial charge in [-0.05, 0) is 42.0 Å². The second-order valence-corrected chi connectivity index (χ2v) is 8.51. The van der Waals surface area contributed by atoms with Crippen molar-refractivity contribution >= 4 is 22.4 Å². The van der Waals surface area contributed by atoms with Gasteiger partial charge in [-0.15, -0.1) is 0 Å². The van der Waals surface area contributed by atoms with Crippen molar-refractivity contribution in [3.8, 4) is 0 Å². The zero-order valence-corrected chi connectivity index (χ0v) is 17.9. The van der Waals surface area contributed by atoms with E-state index < -0.39 is 0 Å². The van der Waals surface area contributed by atoms with E-state index in [1.54, 1.807) is 0 Å². The molecule has 0 aromatic heterocycles. The number of ether oxygens (including phenoxy) is 1. The lowest BCUT2D eigenvalue weighted by Gasteiger charge is -2.42. The first-order valence-electron chi connectivity index (χ1n) is 10.9. The Morgan fingerprint density at radius 1 is 1.00 bits per heavy atom. The molecular weight excluding hydrogens is 372 g/mol. The molecule has 1 fully saturated rings. The standard InChI is InChI=1S/C26H30N2O2/c1-3-28(2,25-14-16-30-17-15-25)19-20-8-12-24(13-9-20)27-26(29)23-11-10-21-6-4-5-7-22(21)18-23/h4-13,18,25H,3,14-17,19H2,1-2H3/p+1. The first-order chi connectivity index (χ1) is 14.6. The highest BCUT2D eigenvalue weighted by Crippen LogP contribution is 2.25. The highest BCUT2D eigenvalue weighted by atomic mass is 16.5. The van der Waals surface area contributed by atoms with Crippen molar-refractivity contribution in [1.82, 2.24) is 0 Å².